The van der Waals surface area contributed by atoms with Crippen molar-refractivity contribution in [1.82, 2.24) is 15.0 Å². The fraction of sp³-hybridized carbons (Fsp3) is 0.727. The summed E-state index contributed by atoms with van der Waals surface area (Å²) in [5, 5.41) is 7.65. The Hall–Kier alpha value is -1.33. The van der Waals surface area contributed by atoms with Gasteiger partial charge in [0.25, 0.3) is 16.8 Å². The van der Waals surface area contributed by atoms with Crippen LogP contribution in [-0.4, -0.2) is 40.1 Å². The van der Waals surface area contributed by atoms with Gasteiger partial charge in [-0.05, 0) is 26.3 Å². The van der Waals surface area contributed by atoms with Crippen LogP contribution in [0.25, 0.3) is 0 Å². The maximum absolute atomic E-state index is 11.6. The number of rotatable bonds is 7. The van der Waals surface area contributed by atoms with Gasteiger partial charge in [0.1, 0.15) is 0 Å². The molecule has 3 heterocycles. The van der Waals surface area contributed by atoms with Crippen LogP contribution in [0.2, 0.25) is 6.04 Å². The molecule has 21 heavy (non-hydrogen) atoms. The Morgan fingerprint density at radius 1 is 1.29 bits per heavy atom. The van der Waals surface area contributed by atoms with E-state index in [0.29, 0.717) is 19.0 Å². The quantitative estimate of drug-likeness (QED) is 0.409. The Morgan fingerprint density at radius 2 is 1.90 bits per heavy atom. The van der Waals surface area contributed by atoms with Crippen molar-refractivity contribution in [1.29, 1.82) is 0 Å². The second kappa shape index (κ2) is 4.85. The van der Waals surface area contributed by atoms with Crippen molar-refractivity contribution in [3.8, 4) is 0 Å². The summed E-state index contributed by atoms with van der Waals surface area (Å²) in [4.78, 5) is 32.0. The van der Waals surface area contributed by atoms with E-state index in [4.69, 9.17) is 24.0 Å². The summed E-state index contributed by atoms with van der Waals surface area (Å²) in [6, 6.07) is 0.555. The molecule has 9 nitrogen and oxygen atoms in total. The van der Waals surface area contributed by atoms with Gasteiger partial charge in [-0.25, -0.2) is 0 Å². The van der Waals surface area contributed by atoms with Gasteiger partial charge in [-0.3, -0.25) is 9.48 Å². The van der Waals surface area contributed by atoms with Crippen molar-refractivity contribution < 1.29 is 28.8 Å². The Morgan fingerprint density at radius 3 is 2.33 bits per heavy atom. The minimum atomic E-state index is -2.97. The van der Waals surface area contributed by atoms with Crippen molar-refractivity contribution in [2.24, 2.45) is 0 Å². The van der Waals surface area contributed by atoms with Gasteiger partial charge < -0.3 is 4.43 Å². The van der Waals surface area contributed by atoms with Crippen LogP contribution in [0.3, 0.4) is 0 Å². The van der Waals surface area contributed by atoms with E-state index >= 15 is 0 Å². The minimum absolute atomic E-state index is 0.400. The predicted octanol–water partition coefficient (Wildman–Crippen LogP) is 0.611. The van der Waals surface area contributed by atoms with Crippen LogP contribution in [0.5, 0.6) is 0 Å². The fourth-order valence-corrected chi connectivity index (χ4v) is 6.56. The molecular weight excluding hydrogens is 298 g/mol. The lowest BCUT2D eigenvalue weighted by atomic mass is 10.5. The van der Waals surface area contributed by atoms with Crippen LogP contribution >= 0.6 is 0 Å². The van der Waals surface area contributed by atoms with Crippen LogP contribution in [0.1, 0.15) is 27.2 Å². The number of carbonyl (C=O) groups excluding carboxylic acids is 1. The number of aryl methyl sites for hydroxylation is 1. The van der Waals surface area contributed by atoms with Gasteiger partial charge in [0.15, 0.2) is 0 Å². The number of carbonyl (C=O) groups is 1. The Bertz CT molecular complexity index is 510. The molecule has 2 aliphatic rings. The van der Waals surface area contributed by atoms with E-state index in [9.17, 15) is 4.79 Å². The highest BCUT2D eigenvalue weighted by Crippen LogP contribution is 2.54. The molecule has 0 atom stereocenters. The molecule has 2 aliphatic heterocycles. The van der Waals surface area contributed by atoms with Gasteiger partial charge in [0.2, 0.25) is 0 Å². The summed E-state index contributed by atoms with van der Waals surface area (Å²) in [6.45, 7) is 5.49. The summed E-state index contributed by atoms with van der Waals surface area (Å²) in [7, 11) is -2.97. The second-order valence-corrected chi connectivity index (χ2v) is 9.59. The third-order valence-corrected chi connectivity index (χ3v) is 8.80. The molecule has 0 bridgehead atoms. The van der Waals surface area contributed by atoms with Crippen LogP contribution in [0.4, 0.5) is 0 Å². The summed E-state index contributed by atoms with van der Waals surface area (Å²) < 4.78 is 7.38. The zero-order valence-corrected chi connectivity index (χ0v) is 13.1. The second-order valence-electron chi connectivity index (χ2n) is 5.42. The first-order valence-electron chi connectivity index (χ1n) is 6.68. The highest BCUT2D eigenvalue weighted by Gasteiger charge is 2.82. The molecule has 1 aromatic heterocycles. The lowest BCUT2D eigenvalue weighted by molar-refractivity contribution is -0.133. The van der Waals surface area contributed by atoms with E-state index in [1.807, 2.05) is 0 Å². The first kappa shape index (κ1) is 14.6. The van der Waals surface area contributed by atoms with Crippen LogP contribution in [0.15, 0.2) is 12.4 Å². The molecule has 0 aromatic carbocycles. The molecule has 2 fully saturated rings. The molecule has 10 heteroatoms. The zero-order valence-electron chi connectivity index (χ0n) is 12.1. The number of nitrogens with zero attached hydrogens (tertiary/aromatic N) is 3. The SMILES string of the molecule is CC(=O)O[Si](CCCn1ccnn1)(C1(C)OO1)C1(C)OO1. The third-order valence-electron chi connectivity index (χ3n) is 3.84. The van der Waals surface area contributed by atoms with Gasteiger partial charge in [0, 0.05) is 19.7 Å². The molecule has 0 aliphatic carbocycles. The van der Waals surface area contributed by atoms with Crippen LogP contribution < -0.4 is 0 Å². The molecule has 0 N–H and O–H groups in total. The summed E-state index contributed by atoms with van der Waals surface area (Å²) in [5.74, 6) is -0.400. The van der Waals surface area contributed by atoms with E-state index in [0.717, 1.165) is 0 Å². The van der Waals surface area contributed by atoms with E-state index in [1.54, 1.807) is 30.9 Å². The summed E-state index contributed by atoms with van der Waals surface area (Å²) >= 11 is 0. The molecule has 2 saturated heterocycles. The molecule has 3 rings (SSSR count). The average molecular weight is 315 g/mol. The van der Waals surface area contributed by atoms with Crippen molar-refractivity contribution in [2.75, 3.05) is 0 Å². The standard InChI is InChI=1S/C11H17N3O6Si/c1-9(15)16-21(10(2)17-18-10,11(3)19-20-11)8-4-6-14-7-5-12-13-14/h5,7H,4,6,8H2,1-3H3. The van der Waals surface area contributed by atoms with Gasteiger partial charge in [-0.1, -0.05) is 5.21 Å². The molecule has 0 saturated carbocycles. The average Bonchev–Trinajstić information content (AvgIpc) is 3.29. The van der Waals surface area contributed by atoms with E-state index in [1.165, 1.54) is 6.92 Å². The Kier molecular flexibility index (Phi) is 3.37. The van der Waals surface area contributed by atoms with Crippen molar-refractivity contribution in [3.63, 3.8) is 0 Å². The smallest absolute Gasteiger partial charge is 0.390 e. The lowest BCUT2D eigenvalue weighted by Crippen LogP contribution is -2.63. The Balaban J connectivity index is 1.76. The normalized spacial score (nSPS) is 21.9. The molecule has 0 spiro atoms. The first-order chi connectivity index (χ1) is 9.91. The van der Waals surface area contributed by atoms with Gasteiger partial charge >= 0.3 is 8.32 Å². The van der Waals surface area contributed by atoms with E-state index in [2.05, 4.69) is 10.3 Å². The van der Waals surface area contributed by atoms with E-state index in [-0.39, 0.29) is 0 Å². The minimum Gasteiger partial charge on any atom is -0.507 e. The molecule has 0 unspecified atom stereocenters. The Labute approximate surface area is 122 Å². The third kappa shape index (κ3) is 2.49. The molecular formula is C11H17N3O6Si. The van der Waals surface area contributed by atoms with Crippen molar-refractivity contribution in [3.05, 3.63) is 12.4 Å². The van der Waals surface area contributed by atoms with Crippen molar-refractivity contribution in [2.45, 2.75) is 50.6 Å². The maximum atomic E-state index is 11.6. The molecule has 1 aromatic rings. The first-order valence-corrected chi connectivity index (χ1v) is 8.80. The lowest BCUT2D eigenvalue weighted by Gasteiger charge is -2.31. The van der Waals surface area contributed by atoms with Crippen LogP contribution in [0, 0.1) is 0 Å². The summed E-state index contributed by atoms with van der Waals surface area (Å²) in [5.41, 5.74) is -1.90. The predicted molar refractivity (Wildman–Crippen MR) is 68.1 cm³/mol. The van der Waals surface area contributed by atoms with Crippen molar-refractivity contribution >= 4 is 14.3 Å². The highest BCUT2D eigenvalue weighted by molar-refractivity contribution is 6.80. The molecule has 0 amide bonds. The van der Waals surface area contributed by atoms with Gasteiger partial charge in [0.05, 0.1) is 6.20 Å². The number of aromatic nitrogens is 3. The maximum Gasteiger partial charge on any atom is 0.390 e. The zero-order chi connectivity index (χ0) is 15.1. The van der Waals surface area contributed by atoms with Crippen LogP contribution in [-0.2, 0) is 35.3 Å². The van der Waals surface area contributed by atoms with Gasteiger partial charge in [-0.2, -0.15) is 19.6 Å². The molecule has 0 radical (unpaired) electrons. The van der Waals surface area contributed by atoms with Gasteiger partial charge in [-0.15, -0.1) is 5.10 Å². The topological polar surface area (TPSA) is 107 Å². The highest BCUT2D eigenvalue weighted by atomic mass is 28.4. The number of hydrogen-bond acceptors (Lipinski definition) is 8. The molecule has 116 valence electrons. The fourth-order valence-electron chi connectivity index (χ4n) is 2.58. The number of hydrogen-bond donors (Lipinski definition) is 0. The largest absolute Gasteiger partial charge is 0.507 e. The monoisotopic (exact) mass is 315 g/mol. The van der Waals surface area contributed by atoms with E-state index < -0.39 is 25.1 Å². The summed E-state index contributed by atoms with van der Waals surface area (Å²) in [6.07, 6.45) is 4.08.